The molecule has 2 heteroatoms. The Morgan fingerprint density at radius 2 is 2.25 bits per heavy atom. The van der Waals surface area contributed by atoms with Gasteiger partial charge in [-0.2, -0.15) is 5.26 Å². The fraction of sp³-hybridized carbons (Fsp3) is 0.100. The van der Waals surface area contributed by atoms with Gasteiger partial charge in [-0.3, -0.25) is 0 Å². The molecule has 0 aliphatic heterocycles. The third kappa shape index (κ3) is 1.86. The van der Waals surface area contributed by atoms with Gasteiger partial charge in [0, 0.05) is 11.8 Å². The van der Waals surface area contributed by atoms with Crippen molar-refractivity contribution >= 4 is 11.8 Å². The van der Waals surface area contributed by atoms with Gasteiger partial charge in [0.25, 0.3) is 0 Å². The second-order valence-electron chi connectivity index (χ2n) is 2.59. The number of nitrogens with two attached hydrogens (primary N) is 1. The summed E-state index contributed by atoms with van der Waals surface area (Å²) in [7, 11) is 0. The monoisotopic (exact) mass is 158 g/mol. The third-order valence-electron chi connectivity index (χ3n) is 1.58. The molecule has 0 amide bonds. The zero-order valence-electron chi connectivity index (χ0n) is 6.91. The van der Waals surface area contributed by atoms with Gasteiger partial charge in [0.1, 0.15) is 0 Å². The first-order valence-corrected chi connectivity index (χ1v) is 3.66. The van der Waals surface area contributed by atoms with Crippen LogP contribution in [-0.2, 0) is 0 Å². The maximum atomic E-state index is 8.30. The lowest BCUT2D eigenvalue weighted by atomic mass is 10.1. The van der Waals surface area contributed by atoms with Crippen LogP contribution in [0.2, 0.25) is 0 Å². The van der Waals surface area contributed by atoms with Crippen LogP contribution in [0.1, 0.15) is 11.1 Å². The molecule has 0 aromatic heterocycles. The van der Waals surface area contributed by atoms with Crippen LogP contribution in [0.4, 0.5) is 5.69 Å². The molecule has 0 aliphatic carbocycles. The number of allylic oxidation sites excluding steroid dienone is 1. The smallest absolute Gasteiger partial charge is 0.0912 e. The highest BCUT2D eigenvalue weighted by atomic mass is 14.6. The molecule has 0 unspecified atom stereocenters. The quantitative estimate of drug-likeness (QED) is 0.502. The summed E-state index contributed by atoms with van der Waals surface area (Å²) >= 11 is 0. The number of hydrogen-bond donors (Lipinski definition) is 1. The summed E-state index contributed by atoms with van der Waals surface area (Å²) in [6.45, 7) is 1.98. The predicted octanol–water partition coefficient (Wildman–Crippen LogP) is 2.11. The second-order valence-corrected chi connectivity index (χ2v) is 2.59. The number of nitriles is 1. The Labute approximate surface area is 71.9 Å². The van der Waals surface area contributed by atoms with Crippen molar-refractivity contribution in [2.24, 2.45) is 0 Å². The number of nitrogens with zero attached hydrogens (tertiary/aromatic N) is 1. The SMILES string of the molecule is Cc1ccc(/C=C/C#N)c(N)c1. The first-order valence-electron chi connectivity index (χ1n) is 3.66. The average Bonchev–Trinajstić information content (AvgIpc) is 2.03. The van der Waals surface area contributed by atoms with E-state index < -0.39 is 0 Å². The fourth-order valence-corrected chi connectivity index (χ4v) is 0.973. The Morgan fingerprint density at radius 3 is 2.83 bits per heavy atom. The molecule has 0 spiro atoms. The molecule has 0 heterocycles. The first kappa shape index (κ1) is 8.35. The lowest BCUT2D eigenvalue weighted by Crippen LogP contribution is -1.89. The molecule has 0 saturated heterocycles. The Morgan fingerprint density at radius 1 is 1.50 bits per heavy atom. The minimum atomic E-state index is 0.710. The van der Waals surface area contributed by atoms with E-state index in [2.05, 4.69) is 0 Å². The van der Waals surface area contributed by atoms with Crippen LogP contribution in [-0.4, -0.2) is 0 Å². The molecule has 2 N–H and O–H groups in total. The molecule has 0 atom stereocenters. The number of aryl methyl sites for hydroxylation is 1. The van der Waals surface area contributed by atoms with E-state index in [1.807, 2.05) is 31.2 Å². The van der Waals surface area contributed by atoms with Gasteiger partial charge in [-0.05, 0) is 30.2 Å². The van der Waals surface area contributed by atoms with Gasteiger partial charge >= 0.3 is 0 Å². The van der Waals surface area contributed by atoms with E-state index >= 15 is 0 Å². The summed E-state index contributed by atoms with van der Waals surface area (Å²) in [5.41, 5.74) is 8.43. The van der Waals surface area contributed by atoms with Gasteiger partial charge in [-0.1, -0.05) is 12.1 Å². The Hall–Kier alpha value is -1.75. The maximum Gasteiger partial charge on any atom is 0.0912 e. The number of nitrogen functional groups attached to an aromatic ring is 1. The topological polar surface area (TPSA) is 49.8 Å². The number of anilines is 1. The van der Waals surface area contributed by atoms with Crippen molar-refractivity contribution in [3.63, 3.8) is 0 Å². The number of benzene rings is 1. The van der Waals surface area contributed by atoms with Crippen molar-refractivity contribution in [3.8, 4) is 6.07 Å². The third-order valence-corrected chi connectivity index (χ3v) is 1.58. The van der Waals surface area contributed by atoms with E-state index in [1.165, 1.54) is 6.08 Å². The molecule has 12 heavy (non-hydrogen) atoms. The van der Waals surface area contributed by atoms with Crippen LogP contribution < -0.4 is 5.73 Å². The Kier molecular flexibility index (Phi) is 2.49. The summed E-state index contributed by atoms with van der Waals surface area (Å²) in [6, 6.07) is 7.67. The van der Waals surface area contributed by atoms with E-state index in [9.17, 15) is 0 Å². The van der Waals surface area contributed by atoms with Gasteiger partial charge in [0.2, 0.25) is 0 Å². The molecule has 1 aromatic carbocycles. The minimum Gasteiger partial charge on any atom is -0.398 e. The van der Waals surface area contributed by atoms with Gasteiger partial charge < -0.3 is 5.73 Å². The number of rotatable bonds is 1. The van der Waals surface area contributed by atoms with Crippen LogP contribution in [0.5, 0.6) is 0 Å². The Balaban J connectivity index is 3.03. The van der Waals surface area contributed by atoms with E-state index in [-0.39, 0.29) is 0 Å². The zero-order chi connectivity index (χ0) is 8.97. The summed E-state index contributed by atoms with van der Waals surface area (Å²) in [6.07, 6.45) is 3.12. The molecule has 0 fully saturated rings. The Bertz CT molecular complexity index is 345. The van der Waals surface area contributed by atoms with Crippen LogP contribution in [0.15, 0.2) is 24.3 Å². The van der Waals surface area contributed by atoms with Crippen molar-refractivity contribution < 1.29 is 0 Å². The lowest BCUT2D eigenvalue weighted by molar-refractivity contribution is 1.46. The molecule has 2 nitrogen and oxygen atoms in total. The van der Waals surface area contributed by atoms with E-state index in [4.69, 9.17) is 11.0 Å². The van der Waals surface area contributed by atoms with Gasteiger partial charge in [-0.25, -0.2) is 0 Å². The van der Waals surface area contributed by atoms with Crippen LogP contribution in [0, 0.1) is 18.3 Å². The standard InChI is InChI=1S/C10H10N2/c1-8-4-5-9(3-2-6-11)10(12)7-8/h2-5,7H,12H2,1H3/b3-2+. The largest absolute Gasteiger partial charge is 0.398 e. The van der Waals surface area contributed by atoms with Gasteiger partial charge in [0.05, 0.1) is 6.07 Å². The highest BCUT2D eigenvalue weighted by Crippen LogP contribution is 2.14. The highest BCUT2D eigenvalue weighted by Gasteiger charge is 1.93. The molecular formula is C10H10N2. The molecular weight excluding hydrogens is 148 g/mol. The van der Waals surface area contributed by atoms with Gasteiger partial charge in [0.15, 0.2) is 0 Å². The second kappa shape index (κ2) is 3.59. The predicted molar refractivity (Wildman–Crippen MR) is 50.2 cm³/mol. The van der Waals surface area contributed by atoms with E-state index in [1.54, 1.807) is 6.08 Å². The summed E-state index contributed by atoms with van der Waals surface area (Å²) in [5.74, 6) is 0. The molecule has 0 bridgehead atoms. The average molecular weight is 158 g/mol. The molecule has 1 aromatic rings. The van der Waals surface area contributed by atoms with Crippen molar-refractivity contribution in [2.75, 3.05) is 5.73 Å². The summed E-state index contributed by atoms with van der Waals surface area (Å²) < 4.78 is 0. The fourth-order valence-electron chi connectivity index (χ4n) is 0.973. The van der Waals surface area contributed by atoms with Crippen LogP contribution in [0.3, 0.4) is 0 Å². The van der Waals surface area contributed by atoms with E-state index in [0.29, 0.717) is 5.69 Å². The maximum absolute atomic E-state index is 8.30. The minimum absolute atomic E-state index is 0.710. The zero-order valence-corrected chi connectivity index (χ0v) is 6.91. The first-order chi connectivity index (χ1) is 5.74. The highest BCUT2D eigenvalue weighted by molar-refractivity contribution is 5.66. The van der Waals surface area contributed by atoms with Crippen molar-refractivity contribution in [1.29, 1.82) is 5.26 Å². The van der Waals surface area contributed by atoms with Crippen molar-refractivity contribution in [1.82, 2.24) is 0 Å². The van der Waals surface area contributed by atoms with Crippen molar-refractivity contribution in [2.45, 2.75) is 6.92 Å². The van der Waals surface area contributed by atoms with E-state index in [0.717, 1.165) is 11.1 Å². The summed E-state index contributed by atoms with van der Waals surface area (Å²) in [4.78, 5) is 0. The molecule has 1 rings (SSSR count). The van der Waals surface area contributed by atoms with Crippen molar-refractivity contribution in [3.05, 3.63) is 35.4 Å². The summed E-state index contributed by atoms with van der Waals surface area (Å²) in [5, 5.41) is 8.30. The lowest BCUT2D eigenvalue weighted by Gasteiger charge is -1.99. The van der Waals surface area contributed by atoms with Gasteiger partial charge in [-0.15, -0.1) is 0 Å². The number of hydrogen-bond acceptors (Lipinski definition) is 2. The molecule has 60 valence electrons. The molecule has 0 aliphatic rings. The normalized spacial score (nSPS) is 10.0. The van der Waals surface area contributed by atoms with Crippen LogP contribution in [0.25, 0.3) is 6.08 Å². The van der Waals surface area contributed by atoms with Crippen LogP contribution >= 0.6 is 0 Å². The molecule has 0 saturated carbocycles. The molecule has 0 radical (unpaired) electrons.